The molecule has 0 saturated carbocycles. The van der Waals surface area contributed by atoms with Crippen molar-refractivity contribution in [1.29, 1.82) is 0 Å². The third-order valence-corrected chi connectivity index (χ3v) is 4.32. The van der Waals surface area contributed by atoms with Gasteiger partial charge in [0.1, 0.15) is 0 Å². The van der Waals surface area contributed by atoms with Crippen LogP contribution in [0.5, 0.6) is 0 Å². The molecule has 0 bridgehead atoms. The first-order valence-electron chi connectivity index (χ1n) is 9.60. The molecular formula is C22H28IN5O. The maximum atomic E-state index is 10.3. The van der Waals surface area contributed by atoms with Gasteiger partial charge in [0.25, 0.3) is 0 Å². The summed E-state index contributed by atoms with van der Waals surface area (Å²) in [6.45, 7) is 3.97. The Morgan fingerprint density at radius 1 is 1.07 bits per heavy atom. The number of aromatic nitrogens is 2. The van der Waals surface area contributed by atoms with E-state index in [1.54, 1.807) is 0 Å². The second-order valence-electron chi connectivity index (χ2n) is 6.47. The summed E-state index contributed by atoms with van der Waals surface area (Å²) >= 11 is 0. The first-order chi connectivity index (χ1) is 13.8. The molecule has 1 atom stereocenters. The average molecular weight is 505 g/mol. The van der Waals surface area contributed by atoms with E-state index < -0.39 is 6.10 Å². The lowest BCUT2D eigenvalue weighted by molar-refractivity contribution is 0.168. The molecule has 0 fully saturated rings. The van der Waals surface area contributed by atoms with Gasteiger partial charge in [0.15, 0.2) is 5.96 Å². The van der Waals surface area contributed by atoms with E-state index in [1.807, 2.05) is 84.7 Å². The number of guanidine groups is 1. The number of aliphatic hydroxyl groups is 1. The first kappa shape index (κ1) is 22.9. The van der Waals surface area contributed by atoms with Crippen LogP contribution >= 0.6 is 24.0 Å². The van der Waals surface area contributed by atoms with Gasteiger partial charge < -0.3 is 15.7 Å². The standard InChI is InChI=1S/C22H27N5O.HI/c1-2-23-22(24-14-13-21(28)19-9-5-3-6-10-19)25-15-18-16-26-27(17-18)20-11-7-4-8-12-20;/h3-12,16-17,21,28H,2,13-15H2,1H3,(H2,23,24,25);1H. The van der Waals surface area contributed by atoms with Crippen molar-refractivity contribution in [3.63, 3.8) is 0 Å². The number of halogens is 1. The Bertz CT molecular complexity index is 867. The van der Waals surface area contributed by atoms with E-state index in [9.17, 15) is 5.11 Å². The topological polar surface area (TPSA) is 74.5 Å². The first-order valence-corrected chi connectivity index (χ1v) is 9.60. The van der Waals surface area contributed by atoms with Crippen LogP contribution in [0.25, 0.3) is 5.69 Å². The fourth-order valence-electron chi connectivity index (χ4n) is 2.84. The van der Waals surface area contributed by atoms with Crippen LogP contribution in [-0.2, 0) is 6.54 Å². The number of rotatable bonds is 8. The molecule has 0 radical (unpaired) electrons. The predicted molar refractivity (Wildman–Crippen MR) is 128 cm³/mol. The summed E-state index contributed by atoms with van der Waals surface area (Å²) in [6, 6.07) is 19.7. The van der Waals surface area contributed by atoms with Crippen LogP contribution in [0.3, 0.4) is 0 Å². The third-order valence-electron chi connectivity index (χ3n) is 4.32. The van der Waals surface area contributed by atoms with Crippen LogP contribution in [0.1, 0.15) is 30.6 Å². The van der Waals surface area contributed by atoms with Gasteiger partial charge in [-0.25, -0.2) is 9.67 Å². The molecule has 3 aromatic rings. The number of aliphatic hydroxyl groups excluding tert-OH is 1. The maximum Gasteiger partial charge on any atom is 0.191 e. The Morgan fingerprint density at radius 3 is 2.45 bits per heavy atom. The largest absolute Gasteiger partial charge is 0.388 e. The highest BCUT2D eigenvalue weighted by Gasteiger charge is 2.07. The van der Waals surface area contributed by atoms with Crippen molar-refractivity contribution in [2.75, 3.05) is 13.1 Å². The molecule has 3 N–H and O–H groups in total. The molecule has 0 aliphatic rings. The van der Waals surface area contributed by atoms with E-state index in [2.05, 4.69) is 20.7 Å². The Labute approximate surface area is 189 Å². The highest BCUT2D eigenvalue weighted by Crippen LogP contribution is 2.14. The van der Waals surface area contributed by atoms with Gasteiger partial charge in [0.05, 0.1) is 24.5 Å². The minimum atomic E-state index is -0.485. The van der Waals surface area contributed by atoms with Gasteiger partial charge in [0.2, 0.25) is 0 Å². The SMILES string of the molecule is CCNC(=NCc1cnn(-c2ccccc2)c1)NCCC(O)c1ccccc1.I. The van der Waals surface area contributed by atoms with Crippen molar-refractivity contribution in [2.45, 2.75) is 26.0 Å². The third kappa shape index (κ3) is 7.17. The van der Waals surface area contributed by atoms with Crippen LogP contribution in [0.2, 0.25) is 0 Å². The van der Waals surface area contributed by atoms with Crippen molar-refractivity contribution in [3.8, 4) is 5.69 Å². The van der Waals surface area contributed by atoms with E-state index in [-0.39, 0.29) is 24.0 Å². The number of para-hydroxylation sites is 1. The Kier molecular flexibility index (Phi) is 9.66. The number of hydrogen-bond donors (Lipinski definition) is 3. The van der Waals surface area contributed by atoms with E-state index in [0.717, 1.165) is 29.3 Å². The van der Waals surface area contributed by atoms with E-state index in [1.165, 1.54) is 0 Å². The summed E-state index contributed by atoms with van der Waals surface area (Å²) in [4.78, 5) is 4.62. The fourth-order valence-corrected chi connectivity index (χ4v) is 2.84. The minimum Gasteiger partial charge on any atom is -0.388 e. The average Bonchev–Trinajstić information content (AvgIpc) is 3.22. The van der Waals surface area contributed by atoms with Crippen LogP contribution in [0.15, 0.2) is 78.0 Å². The summed E-state index contributed by atoms with van der Waals surface area (Å²) < 4.78 is 1.85. The molecule has 2 aromatic carbocycles. The molecule has 1 unspecified atom stereocenters. The Morgan fingerprint density at radius 2 is 1.76 bits per heavy atom. The number of aliphatic imine (C=N–C) groups is 1. The van der Waals surface area contributed by atoms with Crippen LogP contribution in [-0.4, -0.2) is 33.9 Å². The number of hydrogen-bond acceptors (Lipinski definition) is 3. The van der Waals surface area contributed by atoms with E-state index in [0.29, 0.717) is 19.5 Å². The second kappa shape index (κ2) is 12.2. The van der Waals surface area contributed by atoms with Crippen molar-refractivity contribution in [2.24, 2.45) is 4.99 Å². The summed E-state index contributed by atoms with van der Waals surface area (Å²) in [5.74, 6) is 0.732. The summed E-state index contributed by atoms with van der Waals surface area (Å²) in [7, 11) is 0. The molecule has 3 rings (SSSR count). The van der Waals surface area contributed by atoms with Crippen LogP contribution < -0.4 is 10.6 Å². The molecule has 1 aromatic heterocycles. The minimum absolute atomic E-state index is 0. The number of nitrogens with zero attached hydrogens (tertiary/aromatic N) is 3. The van der Waals surface area contributed by atoms with Gasteiger partial charge in [-0.2, -0.15) is 5.10 Å². The normalized spacial score (nSPS) is 12.1. The monoisotopic (exact) mass is 505 g/mol. The maximum absolute atomic E-state index is 10.3. The predicted octanol–water partition coefficient (Wildman–Crippen LogP) is 3.67. The highest BCUT2D eigenvalue weighted by atomic mass is 127. The molecule has 7 heteroatoms. The molecule has 0 amide bonds. The summed E-state index contributed by atoms with van der Waals surface area (Å²) in [6.07, 6.45) is 3.95. The zero-order valence-electron chi connectivity index (χ0n) is 16.5. The molecular weight excluding hydrogens is 477 g/mol. The van der Waals surface area contributed by atoms with Crippen molar-refractivity contribution >= 4 is 29.9 Å². The molecule has 0 saturated heterocycles. The molecule has 154 valence electrons. The number of benzene rings is 2. The molecule has 1 heterocycles. The zero-order chi connectivity index (χ0) is 19.6. The van der Waals surface area contributed by atoms with Crippen molar-refractivity contribution in [1.82, 2.24) is 20.4 Å². The Balaban J connectivity index is 0.00000300. The lowest BCUT2D eigenvalue weighted by Crippen LogP contribution is -2.38. The molecule has 0 spiro atoms. The van der Waals surface area contributed by atoms with Gasteiger partial charge in [-0.15, -0.1) is 24.0 Å². The van der Waals surface area contributed by atoms with Gasteiger partial charge in [-0.1, -0.05) is 48.5 Å². The highest BCUT2D eigenvalue weighted by molar-refractivity contribution is 14.0. The van der Waals surface area contributed by atoms with Crippen molar-refractivity contribution < 1.29 is 5.11 Å². The quantitative estimate of drug-likeness (QED) is 0.248. The van der Waals surface area contributed by atoms with Gasteiger partial charge in [0, 0.05) is 24.8 Å². The number of nitrogens with one attached hydrogen (secondary N) is 2. The Hall–Kier alpha value is -2.39. The molecule has 0 aliphatic heterocycles. The molecule has 29 heavy (non-hydrogen) atoms. The summed E-state index contributed by atoms with van der Waals surface area (Å²) in [5, 5.41) is 21.2. The van der Waals surface area contributed by atoms with E-state index in [4.69, 9.17) is 0 Å². The van der Waals surface area contributed by atoms with Gasteiger partial charge in [-0.3, -0.25) is 0 Å². The smallest absolute Gasteiger partial charge is 0.191 e. The van der Waals surface area contributed by atoms with Crippen LogP contribution in [0.4, 0.5) is 0 Å². The zero-order valence-corrected chi connectivity index (χ0v) is 18.9. The lowest BCUT2D eigenvalue weighted by Gasteiger charge is -2.14. The lowest BCUT2D eigenvalue weighted by atomic mass is 10.1. The molecule has 0 aliphatic carbocycles. The fraction of sp³-hybridized carbons (Fsp3) is 0.273. The van der Waals surface area contributed by atoms with Gasteiger partial charge >= 0.3 is 0 Å². The second-order valence-corrected chi connectivity index (χ2v) is 6.47. The van der Waals surface area contributed by atoms with Gasteiger partial charge in [-0.05, 0) is 31.0 Å². The van der Waals surface area contributed by atoms with E-state index >= 15 is 0 Å². The van der Waals surface area contributed by atoms with Crippen LogP contribution in [0, 0.1) is 0 Å². The molecule has 6 nitrogen and oxygen atoms in total. The summed E-state index contributed by atoms with van der Waals surface area (Å²) in [5.41, 5.74) is 2.99. The van der Waals surface area contributed by atoms with Crippen molar-refractivity contribution in [3.05, 3.63) is 84.2 Å².